The van der Waals surface area contributed by atoms with E-state index in [9.17, 15) is 4.39 Å². The molecule has 0 N–H and O–H groups in total. The Labute approximate surface area is 126 Å². The first-order chi connectivity index (χ1) is 9.17. The van der Waals surface area contributed by atoms with Crippen molar-refractivity contribution in [3.63, 3.8) is 0 Å². The summed E-state index contributed by atoms with van der Waals surface area (Å²) in [5.41, 5.74) is 2.25. The van der Waals surface area contributed by atoms with Gasteiger partial charge in [-0.3, -0.25) is 0 Å². The molecule has 0 aromatic heterocycles. The van der Waals surface area contributed by atoms with Gasteiger partial charge in [0.15, 0.2) is 0 Å². The van der Waals surface area contributed by atoms with E-state index in [0.29, 0.717) is 11.8 Å². The van der Waals surface area contributed by atoms with Crippen molar-refractivity contribution in [3.05, 3.63) is 69.9 Å². The quantitative estimate of drug-likeness (QED) is 0.653. The zero-order valence-corrected chi connectivity index (χ0v) is 12.8. The molecule has 0 amide bonds. The van der Waals surface area contributed by atoms with Gasteiger partial charge in [0.05, 0.1) is 0 Å². The molecule has 0 saturated heterocycles. The lowest BCUT2D eigenvalue weighted by Crippen LogP contribution is -2.10. The highest BCUT2D eigenvalue weighted by atomic mass is 79.9. The summed E-state index contributed by atoms with van der Waals surface area (Å²) < 4.78 is 14.1. The third kappa shape index (κ3) is 4.63. The molecular weight excluding hydrogens is 327 g/mol. The molecule has 0 spiro atoms. The summed E-state index contributed by atoms with van der Waals surface area (Å²) in [7, 11) is 0. The highest BCUT2D eigenvalue weighted by molar-refractivity contribution is 9.10. The average molecular weight is 342 g/mol. The van der Waals surface area contributed by atoms with Crippen molar-refractivity contribution in [1.29, 1.82) is 0 Å². The molecule has 0 bridgehead atoms. The van der Waals surface area contributed by atoms with E-state index in [2.05, 4.69) is 28.1 Å². The third-order valence-corrected chi connectivity index (χ3v) is 3.93. The molecule has 3 heteroatoms. The molecule has 0 aliphatic carbocycles. The summed E-state index contributed by atoms with van der Waals surface area (Å²) in [6.07, 6.45) is 1.70. The van der Waals surface area contributed by atoms with E-state index in [1.807, 2.05) is 24.3 Å². The summed E-state index contributed by atoms with van der Waals surface area (Å²) in [6.45, 7) is 0. The number of hydrogen-bond acceptors (Lipinski definition) is 0. The Balaban J connectivity index is 2.06. The average Bonchev–Trinajstić information content (AvgIpc) is 2.38. The Morgan fingerprint density at radius 2 is 1.68 bits per heavy atom. The molecule has 0 fully saturated rings. The minimum Gasteiger partial charge on any atom is -0.207 e. The van der Waals surface area contributed by atoms with Gasteiger partial charge < -0.3 is 0 Å². The highest BCUT2D eigenvalue weighted by Gasteiger charge is 2.11. The fourth-order valence-corrected chi connectivity index (χ4v) is 2.92. The molecule has 2 aromatic rings. The van der Waals surface area contributed by atoms with Crippen LogP contribution in [0.25, 0.3) is 0 Å². The van der Waals surface area contributed by atoms with Gasteiger partial charge in [0, 0.05) is 10.4 Å². The maximum absolute atomic E-state index is 13.3. The molecule has 0 radical (unpaired) electrons. The van der Waals surface area contributed by atoms with Crippen molar-refractivity contribution in [2.75, 3.05) is 5.88 Å². The second-order valence-electron chi connectivity index (χ2n) is 4.69. The SMILES string of the molecule is Fc1cc(Br)cc(CC(CCl)Cc2ccccc2)c1. The summed E-state index contributed by atoms with van der Waals surface area (Å²) in [5.74, 6) is 0.679. The molecule has 0 nitrogen and oxygen atoms in total. The van der Waals surface area contributed by atoms with E-state index in [0.717, 1.165) is 22.9 Å². The van der Waals surface area contributed by atoms with E-state index in [1.165, 1.54) is 11.6 Å². The lowest BCUT2D eigenvalue weighted by atomic mass is 9.94. The fourth-order valence-electron chi connectivity index (χ4n) is 2.19. The zero-order chi connectivity index (χ0) is 13.7. The van der Waals surface area contributed by atoms with Crippen molar-refractivity contribution in [2.45, 2.75) is 12.8 Å². The third-order valence-electron chi connectivity index (χ3n) is 3.03. The van der Waals surface area contributed by atoms with Crippen LogP contribution in [0, 0.1) is 11.7 Å². The minimum atomic E-state index is -0.211. The van der Waals surface area contributed by atoms with Gasteiger partial charge in [-0.15, -0.1) is 11.6 Å². The van der Waals surface area contributed by atoms with E-state index in [4.69, 9.17) is 11.6 Å². The molecule has 2 rings (SSSR count). The topological polar surface area (TPSA) is 0 Å². The lowest BCUT2D eigenvalue weighted by molar-refractivity contribution is 0.576. The second kappa shape index (κ2) is 7.06. The van der Waals surface area contributed by atoms with Gasteiger partial charge in [-0.1, -0.05) is 46.3 Å². The molecule has 0 aliphatic heterocycles. The van der Waals surface area contributed by atoms with Gasteiger partial charge in [0.1, 0.15) is 5.82 Å². The molecular formula is C16H15BrClF. The van der Waals surface area contributed by atoms with E-state index in [1.54, 1.807) is 6.07 Å². The Morgan fingerprint density at radius 1 is 1.00 bits per heavy atom. The number of halogens is 3. The fraction of sp³-hybridized carbons (Fsp3) is 0.250. The van der Waals surface area contributed by atoms with Crippen molar-refractivity contribution >= 4 is 27.5 Å². The summed E-state index contributed by atoms with van der Waals surface area (Å²) >= 11 is 9.36. The number of alkyl halides is 1. The number of hydrogen-bond donors (Lipinski definition) is 0. The number of benzene rings is 2. The van der Waals surface area contributed by atoms with Crippen molar-refractivity contribution in [2.24, 2.45) is 5.92 Å². The van der Waals surface area contributed by atoms with Gasteiger partial charge in [0.25, 0.3) is 0 Å². The van der Waals surface area contributed by atoms with Gasteiger partial charge >= 0.3 is 0 Å². The van der Waals surface area contributed by atoms with Crippen LogP contribution in [0.1, 0.15) is 11.1 Å². The normalized spacial score (nSPS) is 12.4. The first-order valence-corrected chi connectivity index (χ1v) is 7.55. The molecule has 0 aliphatic rings. The van der Waals surface area contributed by atoms with Gasteiger partial charge in [-0.25, -0.2) is 4.39 Å². The van der Waals surface area contributed by atoms with Crippen LogP contribution in [0.5, 0.6) is 0 Å². The summed E-state index contributed by atoms with van der Waals surface area (Å²) in [5, 5.41) is 0. The number of rotatable bonds is 5. The van der Waals surface area contributed by atoms with Crippen LogP contribution in [0.2, 0.25) is 0 Å². The first kappa shape index (κ1) is 14.5. The Kier molecular flexibility index (Phi) is 5.41. The van der Waals surface area contributed by atoms with Gasteiger partial charge in [-0.2, -0.15) is 0 Å². The molecule has 0 saturated carbocycles. The summed E-state index contributed by atoms with van der Waals surface area (Å²) in [6, 6.07) is 15.3. The van der Waals surface area contributed by atoms with Crippen LogP contribution in [-0.2, 0) is 12.8 Å². The molecule has 0 heterocycles. The predicted octanol–water partition coefficient (Wildman–Crippen LogP) is 5.23. The van der Waals surface area contributed by atoms with Crippen LogP contribution in [0.15, 0.2) is 53.0 Å². The Morgan fingerprint density at radius 3 is 2.32 bits per heavy atom. The van der Waals surface area contributed by atoms with Crippen LogP contribution in [0.3, 0.4) is 0 Å². The molecule has 1 unspecified atom stereocenters. The highest BCUT2D eigenvalue weighted by Crippen LogP contribution is 2.20. The smallest absolute Gasteiger partial charge is 0.124 e. The standard InChI is InChI=1S/C16H15BrClF/c17-15-8-13(9-16(19)10-15)7-14(11-18)6-12-4-2-1-3-5-12/h1-5,8-10,14H,6-7,11H2. The van der Waals surface area contributed by atoms with Crippen molar-refractivity contribution < 1.29 is 4.39 Å². The van der Waals surface area contributed by atoms with Crippen LogP contribution in [0.4, 0.5) is 4.39 Å². The maximum Gasteiger partial charge on any atom is 0.124 e. The first-order valence-electron chi connectivity index (χ1n) is 6.22. The van der Waals surface area contributed by atoms with Crippen molar-refractivity contribution in [1.82, 2.24) is 0 Å². The molecule has 2 aromatic carbocycles. The van der Waals surface area contributed by atoms with Crippen LogP contribution in [-0.4, -0.2) is 5.88 Å². The lowest BCUT2D eigenvalue weighted by Gasteiger charge is -2.14. The Hall–Kier alpha value is -0.860. The molecule has 100 valence electrons. The van der Waals surface area contributed by atoms with Gasteiger partial charge in [-0.05, 0) is 48.1 Å². The van der Waals surface area contributed by atoms with Crippen molar-refractivity contribution in [3.8, 4) is 0 Å². The zero-order valence-electron chi connectivity index (χ0n) is 10.5. The minimum absolute atomic E-state index is 0.211. The second-order valence-corrected chi connectivity index (χ2v) is 5.92. The Bertz CT molecular complexity index is 507. The van der Waals surface area contributed by atoms with E-state index < -0.39 is 0 Å². The van der Waals surface area contributed by atoms with E-state index in [-0.39, 0.29) is 5.82 Å². The molecule has 19 heavy (non-hydrogen) atoms. The summed E-state index contributed by atoms with van der Waals surface area (Å²) in [4.78, 5) is 0. The van der Waals surface area contributed by atoms with Crippen LogP contribution >= 0.6 is 27.5 Å². The maximum atomic E-state index is 13.3. The van der Waals surface area contributed by atoms with Gasteiger partial charge in [0.2, 0.25) is 0 Å². The van der Waals surface area contributed by atoms with Crippen LogP contribution < -0.4 is 0 Å². The largest absolute Gasteiger partial charge is 0.207 e. The predicted molar refractivity (Wildman–Crippen MR) is 82.2 cm³/mol. The monoisotopic (exact) mass is 340 g/mol. The van der Waals surface area contributed by atoms with E-state index >= 15 is 0 Å². The molecule has 1 atom stereocenters.